The Kier molecular flexibility index (Phi) is 4.20. The highest BCUT2D eigenvalue weighted by atomic mass is 35.5. The lowest BCUT2D eigenvalue weighted by Gasteiger charge is -2.09. The molecule has 106 valence electrons. The minimum atomic E-state index is -1.06. The summed E-state index contributed by atoms with van der Waals surface area (Å²) in [5.41, 5.74) is 0.457. The number of carboxylic acids is 1. The van der Waals surface area contributed by atoms with E-state index in [2.05, 4.69) is 5.32 Å². The first-order valence-corrected chi connectivity index (χ1v) is 6.35. The van der Waals surface area contributed by atoms with Crippen LogP contribution in [0.2, 0.25) is 10.0 Å². The monoisotopic (exact) mass is 317 g/mol. The maximum Gasteiger partial charge on any atom is 0.339 e. The van der Waals surface area contributed by atoms with E-state index in [0.717, 1.165) is 12.1 Å². The van der Waals surface area contributed by atoms with Gasteiger partial charge in [0.1, 0.15) is 22.9 Å². The zero-order valence-corrected chi connectivity index (χ0v) is 11.8. The van der Waals surface area contributed by atoms with Crippen molar-refractivity contribution in [1.29, 1.82) is 0 Å². The third-order valence-electron chi connectivity index (χ3n) is 2.65. The first-order valence-electron chi connectivity index (χ1n) is 5.59. The summed E-state index contributed by atoms with van der Waals surface area (Å²) in [4.78, 5) is 10.9. The number of aromatic carboxylic acids is 1. The van der Waals surface area contributed by atoms with Gasteiger partial charge in [-0.2, -0.15) is 0 Å². The minimum Gasteiger partial charge on any atom is -0.478 e. The van der Waals surface area contributed by atoms with Gasteiger partial charge in [-0.05, 0) is 25.1 Å². The third kappa shape index (κ3) is 3.05. The average Bonchev–Trinajstić information content (AvgIpc) is 2.69. The van der Waals surface area contributed by atoms with Gasteiger partial charge in [0.2, 0.25) is 0 Å². The largest absolute Gasteiger partial charge is 0.478 e. The topological polar surface area (TPSA) is 62.5 Å². The molecule has 1 aromatic heterocycles. The first-order chi connectivity index (χ1) is 9.38. The summed E-state index contributed by atoms with van der Waals surface area (Å²) in [6.07, 6.45) is 0. The van der Waals surface area contributed by atoms with Crippen molar-refractivity contribution in [2.24, 2.45) is 0 Å². The normalized spacial score (nSPS) is 10.6. The Morgan fingerprint density at radius 2 is 1.95 bits per heavy atom. The maximum absolute atomic E-state index is 13.0. The highest BCUT2D eigenvalue weighted by Crippen LogP contribution is 2.31. The summed E-state index contributed by atoms with van der Waals surface area (Å²) < 4.78 is 18.3. The Bertz CT molecular complexity index is 647. The molecule has 4 nitrogen and oxygen atoms in total. The molecule has 0 aliphatic carbocycles. The molecule has 2 aromatic rings. The smallest absolute Gasteiger partial charge is 0.339 e. The number of furan rings is 1. The fourth-order valence-electron chi connectivity index (χ4n) is 1.73. The molecule has 2 rings (SSSR count). The number of anilines is 1. The van der Waals surface area contributed by atoms with Gasteiger partial charge in [0.25, 0.3) is 0 Å². The van der Waals surface area contributed by atoms with Crippen LogP contribution in [0.3, 0.4) is 0 Å². The molecular formula is C13H10Cl2FNO3. The number of hydrogen-bond acceptors (Lipinski definition) is 3. The SMILES string of the molecule is Cc1oc(CNc2c(Cl)cc(F)cc2Cl)cc1C(=O)O. The summed E-state index contributed by atoms with van der Waals surface area (Å²) in [7, 11) is 0. The number of nitrogens with one attached hydrogen (secondary N) is 1. The van der Waals surface area contributed by atoms with Crippen molar-refractivity contribution in [1.82, 2.24) is 0 Å². The van der Waals surface area contributed by atoms with E-state index < -0.39 is 11.8 Å². The number of carbonyl (C=O) groups is 1. The molecule has 1 heterocycles. The van der Waals surface area contributed by atoms with Gasteiger partial charge in [0.15, 0.2) is 0 Å². The van der Waals surface area contributed by atoms with Crippen LogP contribution in [-0.2, 0) is 6.54 Å². The number of carboxylic acid groups (broad SMARTS) is 1. The van der Waals surface area contributed by atoms with Crippen LogP contribution < -0.4 is 5.32 Å². The molecule has 0 bridgehead atoms. The summed E-state index contributed by atoms with van der Waals surface area (Å²) in [6.45, 7) is 1.74. The Hall–Kier alpha value is -1.72. The van der Waals surface area contributed by atoms with Crippen LogP contribution >= 0.6 is 23.2 Å². The van der Waals surface area contributed by atoms with Crippen molar-refractivity contribution in [3.05, 3.63) is 51.1 Å². The first kappa shape index (κ1) is 14.7. The summed E-state index contributed by atoms with van der Waals surface area (Å²) in [5.74, 6) is -0.870. The zero-order valence-electron chi connectivity index (χ0n) is 10.3. The second kappa shape index (κ2) is 5.73. The molecule has 0 unspecified atom stereocenters. The third-order valence-corrected chi connectivity index (χ3v) is 3.24. The van der Waals surface area contributed by atoms with Crippen molar-refractivity contribution >= 4 is 34.9 Å². The molecule has 0 amide bonds. The van der Waals surface area contributed by atoms with Crippen LogP contribution in [0.1, 0.15) is 21.9 Å². The fraction of sp³-hybridized carbons (Fsp3) is 0.154. The van der Waals surface area contributed by atoms with Gasteiger partial charge in [0.05, 0.1) is 22.3 Å². The van der Waals surface area contributed by atoms with Gasteiger partial charge in [-0.25, -0.2) is 9.18 Å². The van der Waals surface area contributed by atoms with E-state index in [1.165, 1.54) is 6.07 Å². The summed E-state index contributed by atoms with van der Waals surface area (Å²) in [5, 5.41) is 12.1. The minimum absolute atomic E-state index is 0.0955. The molecule has 20 heavy (non-hydrogen) atoms. The van der Waals surface area contributed by atoms with E-state index in [1.807, 2.05) is 0 Å². The van der Waals surface area contributed by atoms with Crippen LogP contribution in [0.4, 0.5) is 10.1 Å². The Balaban J connectivity index is 2.17. The van der Waals surface area contributed by atoms with E-state index in [1.54, 1.807) is 6.92 Å². The van der Waals surface area contributed by atoms with Gasteiger partial charge in [-0.3, -0.25) is 0 Å². The van der Waals surface area contributed by atoms with E-state index in [4.69, 9.17) is 32.7 Å². The standard InChI is InChI=1S/C13H10Cl2FNO3/c1-6-9(13(18)19)4-8(20-6)5-17-12-10(14)2-7(16)3-11(12)15/h2-4,17H,5H2,1H3,(H,18,19). The number of hydrogen-bond donors (Lipinski definition) is 2. The van der Waals surface area contributed by atoms with E-state index in [9.17, 15) is 9.18 Å². The van der Waals surface area contributed by atoms with Gasteiger partial charge < -0.3 is 14.8 Å². The van der Waals surface area contributed by atoms with Crippen molar-refractivity contribution in [3.8, 4) is 0 Å². The molecule has 0 saturated carbocycles. The number of benzene rings is 1. The molecule has 0 atom stereocenters. The number of rotatable bonds is 4. The van der Waals surface area contributed by atoms with Crippen LogP contribution in [0.5, 0.6) is 0 Å². The predicted octanol–water partition coefficient (Wildman–Crippen LogP) is 4.34. The summed E-state index contributed by atoms with van der Waals surface area (Å²) in [6, 6.07) is 3.67. The van der Waals surface area contributed by atoms with Gasteiger partial charge in [0, 0.05) is 0 Å². The second-order valence-corrected chi connectivity index (χ2v) is 4.90. The van der Waals surface area contributed by atoms with Crippen molar-refractivity contribution in [2.45, 2.75) is 13.5 Å². The quantitative estimate of drug-likeness (QED) is 0.880. The zero-order chi connectivity index (χ0) is 14.9. The molecule has 0 spiro atoms. The second-order valence-electron chi connectivity index (χ2n) is 4.09. The molecule has 0 aliphatic heterocycles. The van der Waals surface area contributed by atoms with E-state index in [0.29, 0.717) is 17.2 Å². The molecular weight excluding hydrogens is 308 g/mol. The molecule has 1 aromatic carbocycles. The lowest BCUT2D eigenvalue weighted by Crippen LogP contribution is -2.00. The van der Waals surface area contributed by atoms with Crippen LogP contribution in [0.15, 0.2) is 22.6 Å². The number of halogens is 3. The van der Waals surface area contributed by atoms with Crippen LogP contribution in [0.25, 0.3) is 0 Å². The Morgan fingerprint density at radius 1 is 1.35 bits per heavy atom. The molecule has 2 N–H and O–H groups in total. The van der Waals surface area contributed by atoms with Crippen molar-refractivity contribution in [3.63, 3.8) is 0 Å². The molecule has 0 fully saturated rings. The molecule has 0 saturated heterocycles. The lowest BCUT2D eigenvalue weighted by atomic mass is 10.2. The molecule has 7 heteroatoms. The Morgan fingerprint density at radius 3 is 2.45 bits per heavy atom. The average molecular weight is 318 g/mol. The highest BCUT2D eigenvalue weighted by Gasteiger charge is 2.14. The molecule has 0 aliphatic rings. The lowest BCUT2D eigenvalue weighted by molar-refractivity contribution is 0.0695. The van der Waals surface area contributed by atoms with Crippen LogP contribution in [0, 0.1) is 12.7 Å². The molecule has 0 radical (unpaired) electrons. The van der Waals surface area contributed by atoms with Crippen LogP contribution in [-0.4, -0.2) is 11.1 Å². The van der Waals surface area contributed by atoms with Crippen molar-refractivity contribution < 1.29 is 18.7 Å². The van der Waals surface area contributed by atoms with Gasteiger partial charge >= 0.3 is 5.97 Å². The van der Waals surface area contributed by atoms with E-state index in [-0.39, 0.29) is 22.2 Å². The van der Waals surface area contributed by atoms with Crippen molar-refractivity contribution in [2.75, 3.05) is 5.32 Å². The van der Waals surface area contributed by atoms with Gasteiger partial charge in [-0.15, -0.1) is 0 Å². The Labute approximate surface area is 124 Å². The maximum atomic E-state index is 13.0. The number of aryl methyl sites for hydroxylation is 1. The fourth-order valence-corrected chi connectivity index (χ4v) is 2.32. The highest BCUT2D eigenvalue weighted by molar-refractivity contribution is 6.39. The predicted molar refractivity (Wildman–Crippen MR) is 74.2 cm³/mol. The summed E-state index contributed by atoms with van der Waals surface area (Å²) >= 11 is 11.8. The van der Waals surface area contributed by atoms with E-state index >= 15 is 0 Å². The van der Waals surface area contributed by atoms with Gasteiger partial charge in [-0.1, -0.05) is 23.2 Å².